The van der Waals surface area contributed by atoms with Gasteiger partial charge in [-0.05, 0) is 35.9 Å². The van der Waals surface area contributed by atoms with Crippen molar-refractivity contribution in [1.82, 2.24) is 20.2 Å². The van der Waals surface area contributed by atoms with Gasteiger partial charge in [0.05, 0.1) is 7.05 Å². The summed E-state index contributed by atoms with van der Waals surface area (Å²) >= 11 is 0. The molecule has 0 aliphatic rings. The standard InChI is InChI=1S/C12H24N6O/c1-12(2,3)9(7-8-13)5-6-10(19)14-11-15-17-18(4)16-11/h9H,5-8,13H2,1-4H3,(H,14,16,19). The van der Waals surface area contributed by atoms with Crippen LogP contribution in [0.4, 0.5) is 5.95 Å². The third-order valence-electron chi connectivity index (χ3n) is 3.22. The molecule has 0 radical (unpaired) electrons. The Bertz CT molecular complexity index is 409. The molecule has 0 saturated carbocycles. The largest absolute Gasteiger partial charge is 0.330 e. The van der Waals surface area contributed by atoms with E-state index in [4.69, 9.17) is 5.73 Å². The van der Waals surface area contributed by atoms with Crippen LogP contribution in [0.2, 0.25) is 0 Å². The molecule has 1 heterocycles. The number of amides is 1. The maximum atomic E-state index is 11.8. The molecule has 0 saturated heterocycles. The van der Waals surface area contributed by atoms with Crippen LogP contribution in [0.15, 0.2) is 0 Å². The summed E-state index contributed by atoms with van der Waals surface area (Å²) in [5, 5.41) is 13.9. The number of carbonyl (C=O) groups is 1. The Kier molecular flexibility index (Phi) is 5.41. The summed E-state index contributed by atoms with van der Waals surface area (Å²) in [5.74, 6) is 0.593. The second kappa shape index (κ2) is 6.60. The van der Waals surface area contributed by atoms with Crippen molar-refractivity contribution >= 4 is 11.9 Å². The van der Waals surface area contributed by atoms with E-state index in [1.165, 1.54) is 4.80 Å². The zero-order valence-corrected chi connectivity index (χ0v) is 12.2. The van der Waals surface area contributed by atoms with Crippen LogP contribution in [0.25, 0.3) is 0 Å². The van der Waals surface area contributed by atoms with Gasteiger partial charge < -0.3 is 5.73 Å². The highest BCUT2D eigenvalue weighted by Crippen LogP contribution is 2.32. The molecule has 1 unspecified atom stereocenters. The molecule has 3 N–H and O–H groups in total. The molecular weight excluding hydrogens is 244 g/mol. The third kappa shape index (κ3) is 5.34. The Morgan fingerprint density at radius 1 is 1.42 bits per heavy atom. The predicted molar refractivity (Wildman–Crippen MR) is 73.3 cm³/mol. The fourth-order valence-electron chi connectivity index (χ4n) is 2.04. The van der Waals surface area contributed by atoms with Crippen LogP contribution in [0.3, 0.4) is 0 Å². The second-order valence-corrected chi connectivity index (χ2v) is 5.83. The summed E-state index contributed by atoms with van der Waals surface area (Å²) in [4.78, 5) is 13.1. The quantitative estimate of drug-likeness (QED) is 0.800. The van der Waals surface area contributed by atoms with Crippen LogP contribution in [-0.2, 0) is 11.8 Å². The SMILES string of the molecule is Cn1nnc(NC(=O)CCC(CCN)C(C)(C)C)n1. The van der Waals surface area contributed by atoms with E-state index in [1.807, 2.05) is 0 Å². The van der Waals surface area contributed by atoms with Crippen LogP contribution in [0.5, 0.6) is 0 Å². The van der Waals surface area contributed by atoms with Gasteiger partial charge in [0, 0.05) is 6.42 Å². The lowest BCUT2D eigenvalue weighted by Gasteiger charge is -2.30. The minimum absolute atomic E-state index is 0.0840. The molecular formula is C12H24N6O. The van der Waals surface area contributed by atoms with Gasteiger partial charge in [-0.3, -0.25) is 10.1 Å². The molecule has 0 bridgehead atoms. The fraction of sp³-hybridized carbons (Fsp3) is 0.833. The van der Waals surface area contributed by atoms with E-state index in [1.54, 1.807) is 7.05 Å². The predicted octanol–water partition coefficient (Wildman–Crippen LogP) is 0.940. The minimum atomic E-state index is -0.0840. The van der Waals surface area contributed by atoms with Gasteiger partial charge in [-0.25, -0.2) is 0 Å². The molecule has 19 heavy (non-hydrogen) atoms. The van der Waals surface area contributed by atoms with Crippen LogP contribution in [-0.4, -0.2) is 32.7 Å². The molecule has 0 aromatic carbocycles. The first-order chi connectivity index (χ1) is 8.82. The van der Waals surface area contributed by atoms with Crippen molar-refractivity contribution in [2.45, 2.75) is 40.0 Å². The molecule has 1 aromatic heterocycles. The number of anilines is 1. The van der Waals surface area contributed by atoms with Crippen LogP contribution >= 0.6 is 0 Å². The van der Waals surface area contributed by atoms with Gasteiger partial charge in [0.2, 0.25) is 5.91 Å². The maximum Gasteiger partial charge on any atom is 0.270 e. The van der Waals surface area contributed by atoms with Crippen molar-refractivity contribution in [1.29, 1.82) is 0 Å². The lowest BCUT2D eigenvalue weighted by Crippen LogP contribution is -2.25. The molecule has 1 amide bonds. The third-order valence-corrected chi connectivity index (χ3v) is 3.22. The molecule has 0 aliphatic heterocycles. The van der Waals surface area contributed by atoms with Crippen molar-refractivity contribution in [2.75, 3.05) is 11.9 Å². The van der Waals surface area contributed by atoms with Crippen molar-refractivity contribution in [3.05, 3.63) is 0 Å². The highest BCUT2D eigenvalue weighted by atomic mass is 16.1. The van der Waals surface area contributed by atoms with Gasteiger partial charge in [0.25, 0.3) is 5.95 Å². The molecule has 7 heteroatoms. The highest BCUT2D eigenvalue weighted by Gasteiger charge is 2.24. The van der Waals surface area contributed by atoms with E-state index < -0.39 is 0 Å². The Hall–Kier alpha value is -1.50. The Morgan fingerprint density at radius 2 is 2.11 bits per heavy atom. The van der Waals surface area contributed by atoms with E-state index in [0.717, 1.165) is 12.8 Å². The molecule has 1 aromatic rings. The highest BCUT2D eigenvalue weighted by molar-refractivity contribution is 5.88. The van der Waals surface area contributed by atoms with Gasteiger partial charge in [-0.15, -0.1) is 5.10 Å². The summed E-state index contributed by atoms with van der Waals surface area (Å²) in [6.07, 6.45) is 2.19. The van der Waals surface area contributed by atoms with E-state index in [0.29, 0.717) is 18.9 Å². The normalized spacial score (nSPS) is 13.3. The second-order valence-electron chi connectivity index (χ2n) is 5.83. The van der Waals surface area contributed by atoms with Crippen molar-refractivity contribution < 1.29 is 4.79 Å². The first kappa shape index (κ1) is 15.6. The first-order valence-electron chi connectivity index (χ1n) is 6.57. The Balaban J connectivity index is 2.43. The van der Waals surface area contributed by atoms with Crippen molar-refractivity contribution in [3.63, 3.8) is 0 Å². The molecule has 1 rings (SSSR count). The summed E-state index contributed by atoms with van der Waals surface area (Å²) < 4.78 is 0. The van der Waals surface area contributed by atoms with E-state index in [-0.39, 0.29) is 17.3 Å². The minimum Gasteiger partial charge on any atom is -0.330 e. The number of nitrogens with two attached hydrogens (primary N) is 1. The molecule has 7 nitrogen and oxygen atoms in total. The maximum absolute atomic E-state index is 11.8. The zero-order valence-electron chi connectivity index (χ0n) is 12.2. The number of tetrazole rings is 1. The van der Waals surface area contributed by atoms with Crippen molar-refractivity contribution in [3.8, 4) is 0 Å². The average molecular weight is 268 g/mol. The van der Waals surface area contributed by atoms with Crippen molar-refractivity contribution in [2.24, 2.45) is 24.1 Å². The first-order valence-corrected chi connectivity index (χ1v) is 6.57. The van der Waals surface area contributed by atoms with Gasteiger partial charge in [0.1, 0.15) is 0 Å². The number of hydrogen-bond donors (Lipinski definition) is 2. The number of nitrogens with zero attached hydrogens (tertiary/aromatic N) is 4. The molecule has 1 atom stereocenters. The number of aromatic nitrogens is 4. The van der Waals surface area contributed by atoms with Gasteiger partial charge in [-0.1, -0.05) is 25.9 Å². The monoisotopic (exact) mass is 268 g/mol. The van der Waals surface area contributed by atoms with E-state index in [2.05, 4.69) is 41.5 Å². The van der Waals surface area contributed by atoms with Gasteiger partial charge in [-0.2, -0.15) is 4.80 Å². The molecule has 0 aliphatic carbocycles. The lowest BCUT2D eigenvalue weighted by atomic mass is 9.76. The number of hydrogen-bond acceptors (Lipinski definition) is 5. The summed E-state index contributed by atoms with van der Waals surface area (Å²) in [5.41, 5.74) is 5.78. The topological polar surface area (TPSA) is 98.7 Å². The van der Waals surface area contributed by atoms with E-state index >= 15 is 0 Å². The molecule has 0 spiro atoms. The van der Waals surface area contributed by atoms with E-state index in [9.17, 15) is 4.79 Å². The summed E-state index contributed by atoms with van der Waals surface area (Å²) in [6.45, 7) is 7.18. The smallest absolute Gasteiger partial charge is 0.270 e. The fourth-order valence-corrected chi connectivity index (χ4v) is 2.04. The number of nitrogens with one attached hydrogen (secondary N) is 1. The zero-order chi connectivity index (χ0) is 14.5. The van der Waals surface area contributed by atoms with Gasteiger partial charge >= 0.3 is 0 Å². The Morgan fingerprint density at radius 3 is 2.58 bits per heavy atom. The number of aryl methyl sites for hydroxylation is 1. The summed E-state index contributed by atoms with van der Waals surface area (Å²) in [6, 6.07) is 0. The number of carbonyl (C=O) groups excluding carboxylic acids is 1. The summed E-state index contributed by atoms with van der Waals surface area (Å²) in [7, 11) is 1.65. The Labute approximate surface area is 113 Å². The van der Waals surface area contributed by atoms with Crippen LogP contribution in [0.1, 0.15) is 40.0 Å². The molecule has 108 valence electrons. The average Bonchev–Trinajstić information content (AvgIpc) is 2.68. The van der Waals surface area contributed by atoms with Crippen LogP contribution < -0.4 is 11.1 Å². The number of rotatable bonds is 6. The lowest BCUT2D eigenvalue weighted by molar-refractivity contribution is -0.116. The van der Waals surface area contributed by atoms with Crippen LogP contribution in [0, 0.1) is 11.3 Å². The molecule has 0 fully saturated rings. The van der Waals surface area contributed by atoms with Gasteiger partial charge in [0.15, 0.2) is 0 Å².